The number of carboxylic acids is 1. The van der Waals surface area contributed by atoms with Gasteiger partial charge < -0.3 is 10.4 Å². The zero-order chi connectivity index (χ0) is 13.1. The summed E-state index contributed by atoms with van der Waals surface area (Å²) >= 11 is 7.09. The molecule has 0 saturated heterocycles. The molecule has 1 heterocycles. The molecule has 0 radical (unpaired) electrons. The molecule has 0 aliphatic heterocycles. The minimum absolute atomic E-state index is 0.0655. The van der Waals surface area contributed by atoms with Gasteiger partial charge in [-0.3, -0.25) is 9.78 Å². The van der Waals surface area contributed by atoms with E-state index in [0.29, 0.717) is 10.6 Å². The summed E-state index contributed by atoms with van der Waals surface area (Å²) in [4.78, 5) is 26.7. The van der Waals surface area contributed by atoms with Crippen LogP contribution in [-0.2, 0) is 0 Å². The summed E-state index contributed by atoms with van der Waals surface area (Å²) in [6.07, 6.45) is 1.44. The lowest BCUT2D eigenvalue weighted by Crippen LogP contribution is -2.11. The quantitative estimate of drug-likeness (QED) is 0.907. The molecule has 0 unspecified atom stereocenters. The van der Waals surface area contributed by atoms with Crippen molar-refractivity contribution in [3.63, 3.8) is 0 Å². The van der Waals surface area contributed by atoms with Crippen LogP contribution in [0.1, 0.15) is 20.0 Å². The van der Waals surface area contributed by atoms with Gasteiger partial charge in [-0.05, 0) is 18.2 Å². The fourth-order valence-corrected chi connectivity index (χ4v) is 2.00. The highest BCUT2D eigenvalue weighted by atomic mass is 35.5. The first kappa shape index (κ1) is 12.5. The van der Waals surface area contributed by atoms with E-state index in [1.807, 2.05) is 0 Å². The molecule has 0 aliphatic carbocycles. The van der Waals surface area contributed by atoms with E-state index < -0.39 is 5.97 Å². The van der Waals surface area contributed by atoms with Crippen molar-refractivity contribution < 1.29 is 14.7 Å². The SMILES string of the molecule is O=C(O)c1ccc(NC(=O)c2cncs2)c(Cl)c1. The number of anilines is 1. The Kier molecular flexibility index (Phi) is 3.59. The summed E-state index contributed by atoms with van der Waals surface area (Å²) < 4.78 is 0. The van der Waals surface area contributed by atoms with Crippen molar-refractivity contribution in [3.8, 4) is 0 Å². The fraction of sp³-hybridized carbons (Fsp3) is 0. The average Bonchev–Trinajstić information content (AvgIpc) is 2.85. The zero-order valence-electron chi connectivity index (χ0n) is 8.88. The Labute approximate surface area is 111 Å². The Morgan fingerprint density at radius 1 is 1.39 bits per heavy atom. The van der Waals surface area contributed by atoms with Gasteiger partial charge in [0.1, 0.15) is 4.88 Å². The van der Waals surface area contributed by atoms with Crippen molar-refractivity contribution in [2.45, 2.75) is 0 Å². The van der Waals surface area contributed by atoms with Gasteiger partial charge in [0.25, 0.3) is 5.91 Å². The standard InChI is InChI=1S/C11H7ClN2O3S/c12-7-3-6(11(16)17)1-2-8(7)14-10(15)9-4-13-5-18-9/h1-5H,(H,14,15)(H,16,17). The molecule has 2 rings (SSSR count). The number of aromatic carboxylic acids is 1. The average molecular weight is 283 g/mol. The van der Waals surface area contributed by atoms with Crippen LogP contribution in [0.15, 0.2) is 29.9 Å². The van der Waals surface area contributed by atoms with Gasteiger partial charge in [0, 0.05) is 0 Å². The molecule has 0 fully saturated rings. The lowest BCUT2D eigenvalue weighted by atomic mass is 10.2. The number of carboxylic acid groups (broad SMARTS) is 1. The van der Waals surface area contributed by atoms with Crippen molar-refractivity contribution in [1.29, 1.82) is 0 Å². The van der Waals surface area contributed by atoms with E-state index in [9.17, 15) is 9.59 Å². The molecule has 0 bridgehead atoms. The first-order chi connectivity index (χ1) is 8.58. The molecule has 1 amide bonds. The Morgan fingerprint density at radius 2 is 2.17 bits per heavy atom. The molecule has 7 heteroatoms. The van der Waals surface area contributed by atoms with Crippen LogP contribution in [0.4, 0.5) is 5.69 Å². The molecule has 0 saturated carbocycles. The number of nitrogens with one attached hydrogen (secondary N) is 1. The van der Waals surface area contributed by atoms with Gasteiger partial charge in [-0.15, -0.1) is 11.3 Å². The molecule has 0 spiro atoms. The number of carbonyl (C=O) groups is 2. The summed E-state index contributed by atoms with van der Waals surface area (Å²) in [7, 11) is 0. The van der Waals surface area contributed by atoms with Gasteiger partial charge in [0.2, 0.25) is 0 Å². The minimum atomic E-state index is -1.07. The smallest absolute Gasteiger partial charge is 0.335 e. The third-order valence-electron chi connectivity index (χ3n) is 2.12. The number of hydrogen-bond acceptors (Lipinski definition) is 4. The maximum absolute atomic E-state index is 11.7. The van der Waals surface area contributed by atoms with Gasteiger partial charge >= 0.3 is 5.97 Å². The lowest BCUT2D eigenvalue weighted by molar-refractivity contribution is 0.0696. The molecule has 2 aromatic rings. The van der Waals surface area contributed by atoms with Crippen LogP contribution in [0.3, 0.4) is 0 Å². The summed E-state index contributed by atoms with van der Waals surface area (Å²) in [5.74, 6) is -1.40. The summed E-state index contributed by atoms with van der Waals surface area (Å²) in [6.45, 7) is 0. The van der Waals surface area contributed by atoms with E-state index in [-0.39, 0.29) is 16.5 Å². The predicted octanol–water partition coefficient (Wildman–Crippen LogP) is 2.75. The molecule has 1 aromatic carbocycles. The molecule has 0 aliphatic rings. The van der Waals surface area contributed by atoms with Gasteiger partial charge in [-0.25, -0.2) is 4.79 Å². The molecule has 5 nitrogen and oxygen atoms in total. The molecule has 18 heavy (non-hydrogen) atoms. The van der Waals surface area contributed by atoms with Crippen LogP contribution in [0.5, 0.6) is 0 Å². The molecular weight excluding hydrogens is 276 g/mol. The Bertz CT molecular complexity index is 598. The number of thiazole rings is 1. The van der Waals surface area contributed by atoms with Crippen LogP contribution in [0, 0.1) is 0 Å². The first-order valence-corrected chi connectivity index (χ1v) is 6.06. The second-order valence-corrected chi connectivity index (χ2v) is 4.61. The molecule has 92 valence electrons. The van der Waals surface area contributed by atoms with Crippen LogP contribution < -0.4 is 5.32 Å². The Hall–Kier alpha value is -1.92. The molecule has 0 atom stereocenters. The number of rotatable bonds is 3. The third-order valence-corrected chi connectivity index (χ3v) is 3.20. The van der Waals surface area contributed by atoms with E-state index >= 15 is 0 Å². The van der Waals surface area contributed by atoms with Crippen molar-refractivity contribution in [1.82, 2.24) is 4.98 Å². The van der Waals surface area contributed by atoms with Gasteiger partial charge in [0.05, 0.1) is 28.0 Å². The van der Waals surface area contributed by atoms with Crippen LogP contribution >= 0.6 is 22.9 Å². The van der Waals surface area contributed by atoms with Crippen LogP contribution in [-0.4, -0.2) is 22.0 Å². The number of amides is 1. The second-order valence-electron chi connectivity index (χ2n) is 3.32. The number of hydrogen-bond donors (Lipinski definition) is 2. The summed E-state index contributed by atoms with van der Waals surface area (Å²) in [5, 5.41) is 11.5. The molecule has 1 aromatic heterocycles. The lowest BCUT2D eigenvalue weighted by Gasteiger charge is -2.06. The van der Waals surface area contributed by atoms with Crippen molar-refractivity contribution in [3.05, 3.63) is 45.4 Å². The van der Waals surface area contributed by atoms with Crippen LogP contribution in [0.2, 0.25) is 5.02 Å². The number of nitrogens with zero attached hydrogens (tertiary/aromatic N) is 1. The first-order valence-electron chi connectivity index (χ1n) is 4.80. The van der Waals surface area contributed by atoms with E-state index in [4.69, 9.17) is 16.7 Å². The summed E-state index contributed by atoms with van der Waals surface area (Å²) in [5.41, 5.74) is 1.97. The van der Waals surface area contributed by atoms with Gasteiger partial charge in [-0.2, -0.15) is 0 Å². The van der Waals surface area contributed by atoms with Crippen LogP contribution in [0.25, 0.3) is 0 Å². The van der Waals surface area contributed by atoms with E-state index in [2.05, 4.69) is 10.3 Å². The molecule has 2 N–H and O–H groups in total. The highest BCUT2D eigenvalue weighted by Crippen LogP contribution is 2.24. The zero-order valence-corrected chi connectivity index (χ0v) is 10.5. The maximum Gasteiger partial charge on any atom is 0.335 e. The number of halogens is 1. The van der Waals surface area contributed by atoms with Crippen molar-refractivity contribution >= 4 is 40.5 Å². The van der Waals surface area contributed by atoms with E-state index in [1.54, 1.807) is 5.51 Å². The largest absolute Gasteiger partial charge is 0.478 e. The van der Waals surface area contributed by atoms with Crippen molar-refractivity contribution in [2.24, 2.45) is 0 Å². The number of benzene rings is 1. The van der Waals surface area contributed by atoms with Gasteiger partial charge in [0.15, 0.2) is 0 Å². The Balaban J connectivity index is 2.20. The minimum Gasteiger partial charge on any atom is -0.478 e. The van der Waals surface area contributed by atoms with Crippen molar-refractivity contribution in [2.75, 3.05) is 5.32 Å². The third kappa shape index (κ3) is 2.66. The summed E-state index contributed by atoms with van der Waals surface area (Å²) in [6, 6.07) is 4.10. The highest BCUT2D eigenvalue weighted by Gasteiger charge is 2.11. The fourth-order valence-electron chi connectivity index (χ4n) is 1.26. The maximum atomic E-state index is 11.7. The number of aromatic nitrogens is 1. The van der Waals surface area contributed by atoms with E-state index in [1.165, 1.54) is 35.7 Å². The highest BCUT2D eigenvalue weighted by molar-refractivity contribution is 7.11. The Morgan fingerprint density at radius 3 is 2.72 bits per heavy atom. The van der Waals surface area contributed by atoms with Gasteiger partial charge in [-0.1, -0.05) is 11.6 Å². The monoisotopic (exact) mass is 282 g/mol. The molecular formula is C11H7ClN2O3S. The second kappa shape index (κ2) is 5.16. The van der Waals surface area contributed by atoms with E-state index in [0.717, 1.165) is 0 Å². The topological polar surface area (TPSA) is 79.3 Å². The normalized spacial score (nSPS) is 10.1. The number of carbonyl (C=O) groups excluding carboxylic acids is 1. The predicted molar refractivity (Wildman–Crippen MR) is 68.5 cm³/mol.